The van der Waals surface area contributed by atoms with Crippen LogP contribution in [0.4, 0.5) is 0 Å². The van der Waals surface area contributed by atoms with Crippen LogP contribution in [0.15, 0.2) is 116 Å². The van der Waals surface area contributed by atoms with Crippen molar-refractivity contribution in [2.75, 3.05) is 0 Å². The predicted octanol–water partition coefficient (Wildman–Crippen LogP) is 7.09. The number of hydrogen-bond acceptors (Lipinski definition) is 3. The second-order valence-electron chi connectivity index (χ2n) is 8.83. The van der Waals surface area contributed by atoms with Gasteiger partial charge in [0.2, 0.25) is 0 Å². The van der Waals surface area contributed by atoms with Crippen molar-refractivity contribution in [3.8, 4) is 28.3 Å². The van der Waals surface area contributed by atoms with Gasteiger partial charge in [-0.15, -0.1) is 0 Å². The molecule has 0 spiro atoms. The van der Waals surface area contributed by atoms with Crippen molar-refractivity contribution in [1.82, 2.24) is 9.97 Å². The lowest BCUT2D eigenvalue weighted by molar-refractivity contribution is 0.473. The number of phenols is 1. The molecule has 0 atom stereocenters. The minimum absolute atomic E-state index is 0.341. The van der Waals surface area contributed by atoms with Crippen LogP contribution in [-0.4, -0.2) is 15.1 Å². The van der Waals surface area contributed by atoms with Gasteiger partial charge in [0.1, 0.15) is 5.75 Å². The Balaban J connectivity index is 1.19. The Morgan fingerprint density at radius 2 is 0.886 bits per heavy atom. The zero-order valence-electron chi connectivity index (χ0n) is 19.6. The Kier molecular flexibility index (Phi) is 6.95. The van der Waals surface area contributed by atoms with Crippen LogP contribution in [0.2, 0.25) is 0 Å². The molecule has 0 aliphatic carbocycles. The molecule has 2 heterocycles. The number of hydrogen-bond donors (Lipinski definition) is 1. The molecule has 2 aromatic heterocycles. The molecule has 5 aromatic rings. The summed E-state index contributed by atoms with van der Waals surface area (Å²) in [6.07, 6.45) is 7.28. The van der Waals surface area contributed by atoms with E-state index in [0.29, 0.717) is 5.75 Å². The van der Waals surface area contributed by atoms with E-state index in [1.165, 1.54) is 22.3 Å². The number of nitrogens with zero attached hydrogens (tertiary/aromatic N) is 2. The number of benzene rings is 3. The SMILES string of the molecule is Oc1cc(CCc2ccc(-c3ccccn3)cc2)cc(CCc2ccc(-c3ccccn3)cc2)c1. The molecule has 0 amide bonds. The fourth-order valence-electron chi connectivity index (χ4n) is 4.36. The highest BCUT2D eigenvalue weighted by molar-refractivity contribution is 5.59. The van der Waals surface area contributed by atoms with E-state index in [0.717, 1.165) is 48.2 Å². The molecule has 0 fully saturated rings. The lowest BCUT2D eigenvalue weighted by atomic mass is 9.98. The summed E-state index contributed by atoms with van der Waals surface area (Å²) >= 11 is 0. The van der Waals surface area contributed by atoms with Crippen molar-refractivity contribution in [3.05, 3.63) is 138 Å². The van der Waals surface area contributed by atoms with Crippen LogP contribution in [0.3, 0.4) is 0 Å². The summed E-state index contributed by atoms with van der Waals surface area (Å²) in [6.45, 7) is 0. The van der Waals surface area contributed by atoms with Crippen LogP contribution >= 0.6 is 0 Å². The van der Waals surface area contributed by atoms with E-state index < -0.39 is 0 Å². The van der Waals surface area contributed by atoms with Gasteiger partial charge in [-0.3, -0.25) is 9.97 Å². The van der Waals surface area contributed by atoms with Gasteiger partial charge in [-0.05, 0) is 84.3 Å². The third kappa shape index (κ3) is 6.01. The van der Waals surface area contributed by atoms with Gasteiger partial charge >= 0.3 is 0 Å². The fraction of sp³-hybridized carbons (Fsp3) is 0.125. The van der Waals surface area contributed by atoms with Gasteiger partial charge < -0.3 is 5.11 Å². The van der Waals surface area contributed by atoms with Crippen LogP contribution in [0, 0.1) is 0 Å². The van der Waals surface area contributed by atoms with E-state index in [-0.39, 0.29) is 0 Å². The van der Waals surface area contributed by atoms with Crippen molar-refractivity contribution in [3.63, 3.8) is 0 Å². The molecule has 3 heteroatoms. The number of pyridine rings is 2. The first-order valence-corrected chi connectivity index (χ1v) is 12.1. The largest absolute Gasteiger partial charge is 0.508 e. The van der Waals surface area contributed by atoms with E-state index in [2.05, 4.69) is 64.6 Å². The summed E-state index contributed by atoms with van der Waals surface area (Å²) in [5, 5.41) is 10.3. The molecule has 1 N–H and O–H groups in total. The van der Waals surface area contributed by atoms with Gasteiger partial charge in [-0.2, -0.15) is 0 Å². The maximum atomic E-state index is 10.3. The summed E-state index contributed by atoms with van der Waals surface area (Å²) in [5.41, 5.74) is 9.12. The monoisotopic (exact) mass is 456 g/mol. The maximum absolute atomic E-state index is 10.3. The Morgan fingerprint density at radius 3 is 1.29 bits per heavy atom. The first-order chi connectivity index (χ1) is 17.2. The van der Waals surface area contributed by atoms with Crippen molar-refractivity contribution in [2.45, 2.75) is 25.7 Å². The van der Waals surface area contributed by atoms with E-state index in [9.17, 15) is 5.11 Å². The molecule has 35 heavy (non-hydrogen) atoms. The molecule has 172 valence electrons. The third-order valence-electron chi connectivity index (χ3n) is 6.27. The number of phenolic OH excluding ortho intramolecular Hbond substituents is 1. The van der Waals surface area contributed by atoms with E-state index in [1.54, 1.807) is 0 Å². The van der Waals surface area contributed by atoms with Gasteiger partial charge in [-0.1, -0.05) is 66.7 Å². The van der Waals surface area contributed by atoms with Crippen LogP contribution < -0.4 is 0 Å². The van der Waals surface area contributed by atoms with Crippen molar-refractivity contribution < 1.29 is 5.11 Å². The maximum Gasteiger partial charge on any atom is 0.116 e. The number of aromatic nitrogens is 2. The number of rotatable bonds is 8. The van der Waals surface area contributed by atoms with Gasteiger partial charge in [0, 0.05) is 23.5 Å². The van der Waals surface area contributed by atoms with Gasteiger partial charge in [0.15, 0.2) is 0 Å². The Bertz CT molecular complexity index is 1260. The number of aryl methyl sites for hydroxylation is 4. The molecular formula is C32H28N2O. The Labute approximate surface area is 206 Å². The van der Waals surface area contributed by atoms with Gasteiger partial charge in [0.25, 0.3) is 0 Å². The standard InChI is InChI=1S/C32H28N2O/c35-30-22-26(9-7-24-11-15-28(16-12-24)31-5-1-3-19-33-31)21-27(23-30)10-8-25-13-17-29(18-14-25)32-6-2-4-20-34-32/h1-6,11-23,35H,7-10H2. The summed E-state index contributed by atoms with van der Waals surface area (Å²) in [4.78, 5) is 8.84. The first kappa shape index (κ1) is 22.5. The second kappa shape index (κ2) is 10.8. The lowest BCUT2D eigenvalue weighted by Gasteiger charge is -2.09. The third-order valence-corrected chi connectivity index (χ3v) is 6.27. The Morgan fingerprint density at radius 1 is 0.457 bits per heavy atom. The topological polar surface area (TPSA) is 46.0 Å². The second-order valence-corrected chi connectivity index (χ2v) is 8.83. The summed E-state index contributed by atoms with van der Waals surface area (Å²) in [5.74, 6) is 0.341. The normalized spacial score (nSPS) is 10.9. The minimum Gasteiger partial charge on any atom is -0.508 e. The van der Waals surface area contributed by atoms with Crippen LogP contribution in [0.1, 0.15) is 22.3 Å². The highest BCUT2D eigenvalue weighted by Gasteiger charge is 2.05. The van der Waals surface area contributed by atoms with Crippen molar-refractivity contribution in [2.24, 2.45) is 0 Å². The van der Waals surface area contributed by atoms with Crippen LogP contribution in [0.5, 0.6) is 5.75 Å². The first-order valence-electron chi connectivity index (χ1n) is 12.1. The van der Waals surface area contributed by atoms with Crippen molar-refractivity contribution >= 4 is 0 Å². The minimum atomic E-state index is 0.341. The summed E-state index contributed by atoms with van der Waals surface area (Å²) in [6, 6.07) is 35.1. The predicted molar refractivity (Wildman–Crippen MR) is 142 cm³/mol. The zero-order chi connectivity index (χ0) is 23.9. The van der Waals surface area contributed by atoms with E-state index in [4.69, 9.17) is 0 Å². The summed E-state index contributed by atoms with van der Waals surface area (Å²) in [7, 11) is 0. The molecule has 0 radical (unpaired) electrons. The molecule has 0 saturated heterocycles. The molecule has 3 aromatic carbocycles. The highest BCUT2D eigenvalue weighted by Crippen LogP contribution is 2.22. The Hall–Kier alpha value is -4.24. The molecule has 3 nitrogen and oxygen atoms in total. The van der Waals surface area contributed by atoms with Crippen molar-refractivity contribution in [1.29, 1.82) is 0 Å². The number of aromatic hydroxyl groups is 1. The smallest absolute Gasteiger partial charge is 0.116 e. The van der Waals surface area contributed by atoms with E-state index >= 15 is 0 Å². The van der Waals surface area contributed by atoms with Crippen LogP contribution in [-0.2, 0) is 25.7 Å². The molecule has 0 aliphatic heterocycles. The molecular weight excluding hydrogens is 428 g/mol. The lowest BCUT2D eigenvalue weighted by Crippen LogP contribution is -1.96. The van der Waals surface area contributed by atoms with Gasteiger partial charge in [-0.25, -0.2) is 0 Å². The molecule has 0 saturated carbocycles. The molecule has 0 aliphatic rings. The molecule has 5 rings (SSSR count). The highest BCUT2D eigenvalue weighted by atomic mass is 16.3. The quantitative estimate of drug-likeness (QED) is 0.271. The fourth-order valence-corrected chi connectivity index (χ4v) is 4.36. The zero-order valence-corrected chi connectivity index (χ0v) is 19.6. The average Bonchev–Trinajstić information content (AvgIpc) is 2.92. The van der Waals surface area contributed by atoms with E-state index in [1.807, 2.05) is 60.9 Å². The van der Waals surface area contributed by atoms with Crippen LogP contribution in [0.25, 0.3) is 22.5 Å². The summed E-state index contributed by atoms with van der Waals surface area (Å²) < 4.78 is 0. The molecule has 0 unspecified atom stereocenters. The average molecular weight is 457 g/mol. The van der Waals surface area contributed by atoms with Gasteiger partial charge in [0.05, 0.1) is 11.4 Å². The molecule has 0 bridgehead atoms.